The number of piperazine rings is 2. The Morgan fingerprint density at radius 2 is 1.47 bits per heavy atom. The van der Waals surface area contributed by atoms with E-state index in [4.69, 9.17) is 33.3 Å². The minimum atomic E-state index is -6.15. The molecule has 29 heteroatoms. The number of rotatable bonds is 27. The summed E-state index contributed by atoms with van der Waals surface area (Å²) in [6.07, 6.45) is 3.52. The predicted molar refractivity (Wildman–Crippen MR) is 366 cm³/mol. The van der Waals surface area contributed by atoms with E-state index in [2.05, 4.69) is 61.9 Å². The minimum absolute atomic E-state index is 0.0209. The van der Waals surface area contributed by atoms with E-state index in [9.17, 15) is 54.0 Å². The minimum Gasteiger partial charge on any atom is -0.382 e. The van der Waals surface area contributed by atoms with Crippen LogP contribution in [0.2, 0.25) is 5.02 Å². The van der Waals surface area contributed by atoms with E-state index in [0.29, 0.717) is 99.6 Å². The molecule has 0 bridgehead atoms. The monoisotopic (exact) mass is 1420 g/mol. The van der Waals surface area contributed by atoms with Gasteiger partial charge >= 0.3 is 5.51 Å². The molecule has 0 saturated carbocycles. The summed E-state index contributed by atoms with van der Waals surface area (Å²) in [6.45, 7) is 13.1. The van der Waals surface area contributed by atoms with Crippen LogP contribution in [0.5, 0.6) is 0 Å². The molecule has 5 N–H and O–H groups in total. The largest absolute Gasteiger partial charge is 0.501 e. The van der Waals surface area contributed by atoms with E-state index in [1.165, 1.54) is 46.7 Å². The number of halogens is 4. The lowest BCUT2D eigenvalue weighted by Crippen LogP contribution is -2.54. The number of sulfone groups is 1. The maximum absolute atomic E-state index is 14.5. The third-order valence-electron chi connectivity index (χ3n) is 17.7. The summed E-state index contributed by atoms with van der Waals surface area (Å²) in [5.41, 5.74) is -0.518. The molecule has 4 aliphatic heterocycles. The first kappa shape index (κ1) is 71.6. The van der Waals surface area contributed by atoms with Crippen molar-refractivity contribution in [2.45, 2.75) is 84.7 Å². The third kappa shape index (κ3) is 17.9. The number of thioether (sulfide) groups is 1. The number of amides is 5. The standard InChI is InChI=1S/C67H78ClF3N10O11S4/c1-66(2)25-23-53(45-11-15-48(68)16-12-45)47(42-66)43-78-31-33-79(34-32-78)50-17-13-46(14-18-50)61(83)76-96(89,90)52-19-20-55(58(41-52)95(87,88)67(69,70)71)74-49(44-94-51-7-4-3-5-8-51)24-28-77-29-35-80(36-30-77)65(93)73-27-38-92-40-39-91-37-26-72-56-10-6-9-54-60(56)64(86)81(63(54)85)57-21-22-59(82)75-62(57)84/h3-20,41,49,57,72,74H,21-40,42-44H2,1-2H3,(H,73,93)(H,76,83)(H,75,82,84)/t49-,57?/m1/s1. The molecule has 5 aromatic carbocycles. The summed E-state index contributed by atoms with van der Waals surface area (Å²) in [7, 11) is -11.1. The van der Waals surface area contributed by atoms with Crippen molar-refractivity contribution in [2.24, 2.45) is 5.41 Å². The molecule has 3 saturated heterocycles. The van der Waals surface area contributed by atoms with Crippen molar-refractivity contribution in [1.29, 1.82) is 0 Å². The number of benzene rings is 5. The second-order valence-corrected chi connectivity index (χ2v) is 30.4. The first-order valence-corrected chi connectivity index (χ1v) is 36.6. The highest BCUT2D eigenvalue weighted by atomic mass is 35.5. The lowest BCUT2D eigenvalue weighted by atomic mass is 9.73. The van der Waals surface area contributed by atoms with Crippen LogP contribution < -0.4 is 30.9 Å². The molecule has 514 valence electrons. The number of fused-ring (bicyclic) bond motifs is 1. The molecule has 2 atom stereocenters. The van der Waals surface area contributed by atoms with Crippen molar-refractivity contribution < 1.29 is 63.5 Å². The highest BCUT2D eigenvalue weighted by Crippen LogP contribution is 2.43. The lowest BCUT2D eigenvalue weighted by molar-refractivity contribution is -0.136. The second-order valence-electron chi connectivity index (χ2n) is 24.9. The second kappa shape index (κ2) is 31.6. The summed E-state index contributed by atoms with van der Waals surface area (Å²) in [5.74, 6) is -3.10. The number of nitrogens with one attached hydrogen (secondary N) is 5. The van der Waals surface area contributed by atoms with Crippen LogP contribution in [0, 0.1) is 5.41 Å². The topological polar surface area (TPSA) is 248 Å². The first-order valence-electron chi connectivity index (χ1n) is 31.8. The number of hydrogen-bond donors (Lipinski definition) is 5. The first-order chi connectivity index (χ1) is 45.8. The number of allylic oxidation sites excluding steroid dienone is 1. The van der Waals surface area contributed by atoms with Gasteiger partial charge in [0.05, 0.1) is 48.1 Å². The molecule has 10 rings (SSSR count). The quantitative estimate of drug-likeness (QED) is 0.0143. The number of sulfonamides is 1. The normalized spacial score (nSPS) is 18.5. The predicted octanol–water partition coefficient (Wildman–Crippen LogP) is 8.54. The fourth-order valence-corrected chi connectivity index (χ4v) is 15.9. The Morgan fingerprint density at radius 1 is 0.781 bits per heavy atom. The van der Waals surface area contributed by atoms with E-state index in [-0.39, 0.29) is 54.8 Å². The van der Waals surface area contributed by atoms with Gasteiger partial charge in [0.25, 0.3) is 37.6 Å². The summed E-state index contributed by atoms with van der Waals surface area (Å²) in [5, 5.41) is 12.8. The molecular weight excluding hydrogens is 1340 g/mol. The maximum atomic E-state index is 14.5. The van der Waals surface area contributed by atoms with Crippen molar-refractivity contribution in [3.8, 4) is 0 Å². The highest BCUT2D eigenvalue weighted by molar-refractivity contribution is 7.99. The molecule has 5 aromatic rings. The van der Waals surface area contributed by atoms with E-state index < -0.39 is 82.5 Å². The van der Waals surface area contributed by atoms with Gasteiger partial charge in [0.1, 0.15) is 10.9 Å². The molecule has 0 spiro atoms. The maximum Gasteiger partial charge on any atom is 0.501 e. The van der Waals surface area contributed by atoms with Crippen molar-refractivity contribution in [2.75, 3.05) is 126 Å². The Kier molecular flexibility index (Phi) is 23.6. The summed E-state index contributed by atoms with van der Waals surface area (Å²) < 4.78 is 111. The van der Waals surface area contributed by atoms with Gasteiger partial charge < -0.3 is 35.2 Å². The zero-order chi connectivity index (χ0) is 68.4. The SMILES string of the molecule is CC1(C)CCC(c2ccc(Cl)cc2)=C(CN2CCN(c3ccc(C(=O)NS(=O)(=O)c4ccc(N[C@H](CCN5CCN(C(=S)NCCOCCOCCNc6cccc7c6C(=O)N(C6CCC(=O)NC6=O)C7=O)CC5)CSc5ccccc5)c(S(=O)(=O)C(F)(F)F)c4)cc3)CC2)C1. The fraction of sp³-hybridized carbons (Fsp3) is 0.433. The number of carbonyl (C=O) groups excluding carboxylic acids is 5. The number of hydrogen-bond acceptors (Lipinski definition) is 18. The molecule has 4 heterocycles. The zero-order valence-corrected chi connectivity index (χ0v) is 57.3. The van der Waals surface area contributed by atoms with Gasteiger partial charge in [-0.25, -0.2) is 21.6 Å². The molecule has 0 radical (unpaired) electrons. The van der Waals surface area contributed by atoms with Gasteiger partial charge in [0.15, 0.2) is 5.11 Å². The summed E-state index contributed by atoms with van der Waals surface area (Å²) in [4.78, 5) is 72.6. The Morgan fingerprint density at radius 3 is 2.16 bits per heavy atom. The van der Waals surface area contributed by atoms with Crippen LogP contribution in [0.3, 0.4) is 0 Å². The molecular formula is C67H78ClF3N10O11S4. The molecule has 1 aliphatic carbocycles. The Bertz CT molecular complexity index is 3930. The van der Waals surface area contributed by atoms with Crippen LogP contribution in [0.1, 0.15) is 89.0 Å². The average molecular weight is 1420 g/mol. The van der Waals surface area contributed by atoms with Gasteiger partial charge in [-0.15, -0.1) is 11.8 Å². The molecule has 21 nitrogen and oxygen atoms in total. The van der Waals surface area contributed by atoms with Crippen LogP contribution in [0.15, 0.2) is 136 Å². The van der Waals surface area contributed by atoms with Crippen molar-refractivity contribution in [1.82, 2.24) is 35.0 Å². The van der Waals surface area contributed by atoms with Gasteiger partial charge in [0.2, 0.25) is 11.8 Å². The highest BCUT2D eigenvalue weighted by Gasteiger charge is 2.49. The van der Waals surface area contributed by atoms with E-state index in [0.717, 1.165) is 66.5 Å². The number of ether oxygens (including phenoxy) is 2. The summed E-state index contributed by atoms with van der Waals surface area (Å²) in [6, 6.07) is 29.2. The summed E-state index contributed by atoms with van der Waals surface area (Å²) >= 11 is 13.3. The average Bonchev–Trinajstić information content (AvgIpc) is 1.64. The van der Waals surface area contributed by atoms with Crippen LogP contribution in [-0.2, 0) is 38.9 Å². The van der Waals surface area contributed by atoms with Gasteiger partial charge in [-0.05, 0) is 140 Å². The molecule has 1 unspecified atom stereocenters. The number of carbonyl (C=O) groups is 5. The number of thiocarbonyl (C=S) groups is 1. The van der Waals surface area contributed by atoms with Gasteiger partial charge in [-0.2, -0.15) is 13.2 Å². The molecule has 0 aromatic heterocycles. The number of alkyl halides is 3. The Labute approximate surface area is 572 Å². The molecule has 5 amide bonds. The van der Waals surface area contributed by atoms with Crippen molar-refractivity contribution in [3.05, 3.63) is 148 Å². The van der Waals surface area contributed by atoms with Gasteiger partial charge in [-0.3, -0.25) is 44.0 Å². The fourth-order valence-electron chi connectivity index (χ4n) is 12.4. The van der Waals surface area contributed by atoms with Crippen molar-refractivity contribution >= 4 is 113 Å². The number of anilines is 3. The van der Waals surface area contributed by atoms with Crippen molar-refractivity contribution in [3.63, 3.8) is 0 Å². The van der Waals surface area contributed by atoms with E-state index >= 15 is 0 Å². The lowest BCUT2D eigenvalue weighted by Gasteiger charge is -2.39. The smallest absolute Gasteiger partial charge is 0.382 e. The Hall–Kier alpha value is -7.15. The van der Waals surface area contributed by atoms with Gasteiger partial charge in [-0.1, -0.05) is 67.4 Å². The van der Waals surface area contributed by atoms with E-state index in [1.807, 2.05) is 52.1 Å². The number of piperidine rings is 1. The zero-order valence-electron chi connectivity index (χ0n) is 53.3. The van der Waals surface area contributed by atoms with Crippen LogP contribution in [0.25, 0.3) is 5.57 Å². The Balaban J connectivity index is 0.675. The van der Waals surface area contributed by atoms with Gasteiger partial charge in [0, 0.05) is 124 Å². The van der Waals surface area contributed by atoms with Crippen LogP contribution in [0.4, 0.5) is 30.2 Å². The molecule has 96 heavy (non-hydrogen) atoms. The molecule has 3 fully saturated rings. The van der Waals surface area contributed by atoms with Crippen LogP contribution in [-0.4, -0.2) is 199 Å². The molecule has 5 aliphatic rings. The number of nitrogens with zero attached hydrogens (tertiary/aromatic N) is 5. The van der Waals surface area contributed by atoms with Crippen LogP contribution >= 0.6 is 35.6 Å². The van der Waals surface area contributed by atoms with E-state index in [1.54, 1.807) is 24.3 Å². The third-order valence-corrected chi connectivity index (χ3v) is 22.3. The number of imide groups is 2.